The van der Waals surface area contributed by atoms with Crippen molar-refractivity contribution in [3.8, 4) is 0 Å². The van der Waals surface area contributed by atoms with Crippen LogP contribution >= 0.6 is 0 Å². The molecule has 0 aliphatic rings. The minimum atomic E-state index is -0.157. The number of Topliss-reactive ketones (excluding diaryl/α,β-unsaturated/α-hetero) is 1. The van der Waals surface area contributed by atoms with E-state index in [0.29, 0.717) is 30.1 Å². The Kier molecular flexibility index (Phi) is 6.45. The van der Waals surface area contributed by atoms with Crippen LogP contribution in [-0.2, 0) is 4.74 Å². The Balaban J connectivity index is 1.91. The van der Waals surface area contributed by atoms with E-state index in [1.54, 1.807) is 31.4 Å². The lowest BCUT2D eigenvalue weighted by molar-refractivity contribution is 0.0947. The first kappa shape index (κ1) is 17.6. The van der Waals surface area contributed by atoms with E-state index >= 15 is 0 Å². The van der Waals surface area contributed by atoms with E-state index in [-0.39, 0.29) is 11.7 Å². The molecule has 0 fully saturated rings. The number of anilines is 2. The molecule has 0 saturated heterocycles. The third-order valence-corrected chi connectivity index (χ3v) is 3.40. The molecule has 24 heavy (non-hydrogen) atoms. The summed E-state index contributed by atoms with van der Waals surface area (Å²) in [7, 11) is 1.63. The standard InChI is InChI=1S/C18H21N3O3/c1-13(22)14-4-7-16(8-5-14)21-17-9-6-15(12-20-17)18(23)19-10-3-11-24-2/h4-9,12H,3,10-11H2,1-2H3,(H,19,23)(H,20,21). The number of nitrogens with zero attached hydrogens (tertiary/aromatic N) is 1. The molecular weight excluding hydrogens is 306 g/mol. The summed E-state index contributed by atoms with van der Waals surface area (Å²) in [6.07, 6.45) is 2.30. The second-order valence-corrected chi connectivity index (χ2v) is 5.29. The summed E-state index contributed by atoms with van der Waals surface area (Å²) >= 11 is 0. The summed E-state index contributed by atoms with van der Waals surface area (Å²) in [5, 5.41) is 5.93. The summed E-state index contributed by atoms with van der Waals surface area (Å²) in [5.74, 6) is 0.498. The first-order valence-corrected chi connectivity index (χ1v) is 7.71. The van der Waals surface area contributed by atoms with Crippen molar-refractivity contribution in [2.45, 2.75) is 13.3 Å². The number of amides is 1. The molecule has 2 N–H and O–H groups in total. The molecule has 1 aromatic carbocycles. The Labute approximate surface area is 141 Å². The van der Waals surface area contributed by atoms with Crippen LogP contribution in [0.3, 0.4) is 0 Å². The number of hydrogen-bond donors (Lipinski definition) is 2. The van der Waals surface area contributed by atoms with Crippen LogP contribution < -0.4 is 10.6 Å². The number of methoxy groups -OCH3 is 1. The van der Waals surface area contributed by atoms with E-state index in [0.717, 1.165) is 12.1 Å². The maximum absolute atomic E-state index is 11.9. The van der Waals surface area contributed by atoms with E-state index in [9.17, 15) is 9.59 Å². The van der Waals surface area contributed by atoms with E-state index in [2.05, 4.69) is 15.6 Å². The molecule has 1 heterocycles. The van der Waals surface area contributed by atoms with Crippen LogP contribution in [0, 0.1) is 0 Å². The Hall–Kier alpha value is -2.73. The van der Waals surface area contributed by atoms with Crippen molar-refractivity contribution in [2.24, 2.45) is 0 Å². The molecule has 0 aliphatic heterocycles. The summed E-state index contributed by atoms with van der Waals surface area (Å²) in [4.78, 5) is 27.4. The van der Waals surface area contributed by atoms with E-state index in [1.807, 2.05) is 12.1 Å². The quantitative estimate of drug-likeness (QED) is 0.576. The number of rotatable bonds is 8. The number of aromatic nitrogens is 1. The second-order valence-electron chi connectivity index (χ2n) is 5.29. The highest BCUT2D eigenvalue weighted by Crippen LogP contribution is 2.15. The van der Waals surface area contributed by atoms with Gasteiger partial charge in [-0.1, -0.05) is 0 Å². The lowest BCUT2D eigenvalue weighted by Crippen LogP contribution is -2.25. The monoisotopic (exact) mass is 327 g/mol. The van der Waals surface area contributed by atoms with E-state index in [1.165, 1.54) is 13.1 Å². The van der Waals surface area contributed by atoms with Crippen molar-refractivity contribution in [2.75, 3.05) is 25.6 Å². The Morgan fingerprint density at radius 2 is 1.79 bits per heavy atom. The summed E-state index contributed by atoms with van der Waals surface area (Å²) < 4.78 is 4.93. The van der Waals surface area contributed by atoms with Gasteiger partial charge in [-0.25, -0.2) is 4.98 Å². The number of ether oxygens (including phenoxy) is 1. The van der Waals surface area contributed by atoms with Gasteiger partial charge in [0.05, 0.1) is 5.56 Å². The van der Waals surface area contributed by atoms with Crippen molar-refractivity contribution in [3.05, 3.63) is 53.7 Å². The molecule has 0 spiro atoms. The van der Waals surface area contributed by atoms with Crippen LogP contribution in [0.4, 0.5) is 11.5 Å². The predicted molar refractivity (Wildman–Crippen MR) is 92.8 cm³/mol. The van der Waals surface area contributed by atoms with Crippen LogP contribution in [-0.4, -0.2) is 36.9 Å². The first-order valence-electron chi connectivity index (χ1n) is 7.71. The minimum absolute atomic E-state index is 0.0283. The highest BCUT2D eigenvalue weighted by Gasteiger charge is 2.06. The molecule has 1 amide bonds. The average Bonchev–Trinajstić information content (AvgIpc) is 2.59. The molecule has 0 atom stereocenters. The molecule has 2 aromatic rings. The van der Waals surface area contributed by atoms with Crippen molar-refractivity contribution >= 4 is 23.2 Å². The zero-order valence-corrected chi connectivity index (χ0v) is 13.8. The highest BCUT2D eigenvalue weighted by molar-refractivity contribution is 5.94. The summed E-state index contributed by atoms with van der Waals surface area (Å²) in [5.41, 5.74) is 1.99. The zero-order valence-electron chi connectivity index (χ0n) is 13.8. The van der Waals surface area contributed by atoms with Crippen molar-refractivity contribution < 1.29 is 14.3 Å². The van der Waals surface area contributed by atoms with Gasteiger partial charge < -0.3 is 15.4 Å². The van der Waals surface area contributed by atoms with Crippen molar-refractivity contribution in [1.82, 2.24) is 10.3 Å². The van der Waals surface area contributed by atoms with Crippen LogP contribution in [0.5, 0.6) is 0 Å². The molecule has 0 aliphatic carbocycles. The number of benzene rings is 1. The van der Waals surface area contributed by atoms with E-state index < -0.39 is 0 Å². The van der Waals surface area contributed by atoms with Crippen LogP contribution in [0.15, 0.2) is 42.6 Å². The van der Waals surface area contributed by atoms with Gasteiger partial charge in [0.25, 0.3) is 5.91 Å². The van der Waals surface area contributed by atoms with Crippen molar-refractivity contribution in [1.29, 1.82) is 0 Å². The fourth-order valence-corrected chi connectivity index (χ4v) is 2.06. The fourth-order valence-electron chi connectivity index (χ4n) is 2.06. The number of pyridine rings is 1. The number of nitrogens with one attached hydrogen (secondary N) is 2. The Morgan fingerprint density at radius 3 is 2.38 bits per heavy atom. The molecule has 0 unspecified atom stereocenters. The van der Waals surface area contributed by atoms with Crippen LogP contribution in [0.2, 0.25) is 0 Å². The normalized spacial score (nSPS) is 10.2. The summed E-state index contributed by atoms with van der Waals surface area (Å²) in [6.45, 7) is 2.71. The largest absolute Gasteiger partial charge is 0.385 e. The minimum Gasteiger partial charge on any atom is -0.385 e. The predicted octanol–water partition coefficient (Wildman–Crippen LogP) is 2.79. The van der Waals surface area contributed by atoms with Gasteiger partial charge >= 0.3 is 0 Å². The molecule has 6 heteroatoms. The molecule has 6 nitrogen and oxygen atoms in total. The molecular formula is C18H21N3O3. The van der Waals surface area contributed by atoms with Crippen molar-refractivity contribution in [3.63, 3.8) is 0 Å². The van der Waals surface area contributed by atoms with Gasteiger partial charge in [-0.05, 0) is 49.7 Å². The van der Waals surface area contributed by atoms with Crippen LogP contribution in [0.25, 0.3) is 0 Å². The number of hydrogen-bond acceptors (Lipinski definition) is 5. The number of ketones is 1. The summed E-state index contributed by atoms with van der Waals surface area (Å²) in [6, 6.07) is 10.6. The topological polar surface area (TPSA) is 80.3 Å². The SMILES string of the molecule is COCCCNC(=O)c1ccc(Nc2ccc(C(C)=O)cc2)nc1. The van der Waals surface area contributed by atoms with Gasteiger partial charge in [0.15, 0.2) is 5.78 Å². The maximum Gasteiger partial charge on any atom is 0.252 e. The third kappa shape index (κ3) is 5.17. The molecule has 2 rings (SSSR count). The smallest absolute Gasteiger partial charge is 0.252 e. The van der Waals surface area contributed by atoms with Gasteiger partial charge in [0.2, 0.25) is 0 Å². The van der Waals surface area contributed by atoms with E-state index in [4.69, 9.17) is 4.74 Å². The lowest BCUT2D eigenvalue weighted by atomic mass is 10.1. The van der Waals surface area contributed by atoms with Crippen LogP contribution in [0.1, 0.15) is 34.1 Å². The third-order valence-electron chi connectivity index (χ3n) is 3.40. The Bertz CT molecular complexity index is 682. The Morgan fingerprint density at radius 1 is 1.08 bits per heavy atom. The fraction of sp³-hybridized carbons (Fsp3) is 0.278. The maximum atomic E-state index is 11.9. The molecule has 0 bridgehead atoms. The zero-order chi connectivity index (χ0) is 17.4. The average molecular weight is 327 g/mol. The van der Waals surface area contributed by atoms with Gasteiger partial charge in [-0.3, -0.25) is 9.59 Å². The van der Waals surface area contributed by atoms with Gasteiger partial charge in [-0.2, -0.15) is 0 Å². The molecule has 0 radical (unpaired) electrons. The lowest BCUT2D eigenvalue weighted by Gasteiger charge is -2.08. The number of carbonyl (C=O) groups excluding carboxylic acids is 2. The second kappa shape index (κ2) is 8.79. The first-order chi connectivity index (χ1) is 11.6. The molecule has 1 aromatic heterocycles. The van der Waals surface area contributed by atoms with Gasteiger partial charge in [0, 0.05) is 37.7 Å². The molecule has 0 saturated carbocycles. The van der Waals surface area contributed by atoms with Gasteiger partial charge in [-0.15, -0.1) is 0 Å². The number of carbonyl (C=O) groups is 2. The highest BCUT2D eigenvalue weighted by atomic mass is 16.5. The van der Waals surface area contributed by atoms with Gasteiger partial charge in [0.1, 0.15) is 5.82 Å². The molecule has 126 valence electrons.